The monoisotopic (exact) mass is 313 g/mol. The number of nitrogens with one attached hydrogen (secondary N) is 1. The van der Waals surface area contributed by atoms with Crippen LogP contribution in [0.5, 0.6) is 0 Å². The SMILES string of the molecule is NCC1CCC(NS(=O)(=O)c2ccccc2[N+](=O)[O-])CC1. The molecule has 8 heteroatoms. The first kappa shape index (κ1) is 15.9. The molecule has 116 valence electrons. The number of nitro benzene ring substituents is 1. The van der Waals surface area contributed by atoms with Crippen LogP contribution < -0.4 is 10.5 Å². The highest BCUT2D eigenvalue weighted by molar-refractivity contribution is 7.89. The van der Waals surface area contributed by atoms with Crippen molar-refractivity contribution >= 4 is 15.7 Å². The minimum Gasteiger partial charge on any atom is -0.330 e. The summed E-state index contributed by atoms with van der Waals surface area (Å²) in [4.78, 5) is 9.98. The van der Waals surface area contributed by atoms with Gasteiger partial charge in [0.25, 0.3) is 5.69 Å². The molecule has 21 heavy (non-hydrogen) atoms. The Morgan fingerprint density at radius 3 is 2.43 bits per heavy atom. The van der Waals surface area contributed by atoms with Crippen molar-refractivity contribution in [1.82, 2.24) is 4.72 Å². The Labute approximate surface area is 123 Å². The summed E-state index contributed by atoms with van der Waals surface area (Å²) in [5, 5.41) is 10.9. The Balaban J connectivity index is 2.15. The zero-order chi connectivity index (χ0) is 15.5. The lowest BCUT2D eigenvalue weighted by molar-refractivity contribution is -0.387. The Hall–Kier alpha value is -1.51. The Kier molecular flexibility index (Phi) is 4.92. The Bertz CT molecular complexity index is 610. The van der Waals surface area contributed by atoms with Crippen LogP contribution in [0.15, 0.2) is 29.2 Å². The van der Waals surface area contributed by atoms with E-state index in [1.807, 2.05) is 0 Å². The number of nitrogens with zero attached hydrogens (tertiary/aromatic N) is 1. The van der Waals surface area contributed by atoms with Crippen molar-refractivity contribution in [3.8, 4) is 0 Å². The van der Waals surface area contributed by atoms with Crippen LogP contribution in [-0.4, -0.2) is 25.9 Å². The van der Waals surface area contributed by atoms with E-state index < -0.39 is 20.6 Å². The van der Waals surface area contributed by atoms with E-state index in [1.165, 1.54) is 24.3 Å². The molecule has 1 saturated carbocycles. The third-order valence-electron chi connectivity index (χ3n) is 3.85. The van der Waals surface area contributed by atoms with Gasteiger partial charge in [-0.05, 0) is 44.2 Å². The van der Waals surface area contributed by atoms with Gasteiger partial charge in [-0.1, -0.05) is 12.1 Å². The summed E-state index contributed by atoms with van der Waals surface area (Å²) in [7, 11) is -3.88. The van der Waals surface area contributed by atoms with Crippen LogP contribution in [0.2, 0.25) is 0 Å². The van der Waals surface area contributed by atoms with E-state index in [0.29, 0.717) is 25.3 Å². The van der Waals surface area contributed by atoms with E-state index in [0.717, 1.165) is 12.8 Å². The molecule has 0 atom stereocenters. The molecule has 1 fully saturated rings. The van der Waals surface area contributed by atoms with Gasteiger partial charge in [-0.15, -0.1) is 0 Å². The molecule has 1 aromatic carbocycles. The molecule has 1 aromatic rings. The topological polar surface area (TPSA) is 115 Å². The van der Waals surface area contributed by atoms with Gasteiger partial charge in [0.1, 0.15) is 0 Å². The van der Waals surface area contributed by atoms with E-state index in [1.54, 1.807) is 0 Å². The molecule has 7 nitrogen and oxygen atoms in total. The van der Waals surface area contributed by atoms with Gasteiger partial charge in [-0.25, -0.2) is 13.1 Å². The number of hydrogen-bond acceptors (Lipinski definition) is 5. The molecular weight excluding hydrogens is 294 g/mol. The maximum absolute atomic E-state index is 12.3. The molecule has 0 radical (unpaired) electrons. The van der Waals surface area contributed by atoms with Crippen LogP contribution in [-0.2, 0) is 10.0 Å². The molecule has 1 aliphatic rings. The molecular formula is C13H19N3O4S. The summed E-state index contributed by atoms with van der Waals surface area (Å²) >= 11 is 0. The second-order valence-corrected chi connectivity index (χ2v) is 6.98. The van der Waals surface area contributed by atoms with Crippen molar-refractivity contribution in [3.05, 3.63) is 34.4 Å². The van der Waals surface area contributed by atoms with Gasteiger partial charge in [0.05, 0.1) is 4.92 Å². The molecule has 1 aliphatic carbocycles. The molecule has 3 N–H and O–H groups in total. The van der Waals surface area contributed by atoms with E-state index in [2.05, 4.69) is 4.72 Å². The molecule has 0 bridgehead atoms. The minimum absolute atomic E-state index is 0.183. The fourth-order valence-corrected chi connectivity index (χ4v) is 4.11. The molecule has 0 spiro atoms. The standard InChI is InChI=1S/C13H19N3O4S/c14-9-10-5-7-11(8-6-10)15-21(19,20)13-4-2-1-3-12(13)16(17)18/h1-4,10-11,15H,5-9,14H2. The second kappa shape index (κ2) is 6.50. The van der Waals surface area contributed by atoms with Gasteiger partial charge in [0, 0.05) is 12.1 Å². The van der Waals surface area contributed by atoms with Gasteiger partial charge in [-0.3, -0.25) is 10.1 Å². The number of benzene rings is 1. The van der Waals surface area contributed by atoms with E-state index in [9.17, 15) is 18.5 Å². The predicted octanol–water partition coefficient (Wildman–Crippen LogP) is 1.39. The highest BCUT2D eigenvalue weighted by Crippen LogP contribution is 2.27. The fraction of sp³-hybridized carbons (Fsp3) is 0.538. The molecule has 0 saturated heterocycles. The van der Waals surface area contributed by atoms with Gasteiger partial charge in [0.2, 0.25) is 10.0 Å². The zero-order valence-electron chi connectivity index (χ0n) is 11.6. The van der Waals surface area contributed by atoms with Crippen LogP contribution in [0.3, 0.4) is 0 Å². The van der Waals surface area contributed by atoms with E-state index >= 15 is 0 Å². The third kappa shape index (κ3) is 3.78. The van der Waals surface area contributed by atoms with Crippen molar-refractivity contribution in [2.24, 2.45) is 11.7 Å². The largest absolute Gasteiger partial charge is 0.330 e. The number of hydrogen-bond donors (Lipinski definition) is 2. The minimum atomic E-state index is -3.88. The van der Waals surface area contributed by atoms with Crippen molar-refractivity contribution in [2.45, 2.75) is 36.6 Å². The summed E-state index contributed by atoms with van der Waals surface area (Å²) < 4.78 is 27.3. The summed E-state index contributed by atoms with van der Waals surface area (Å²) in [6, 6.07) is 5.19. The van der Waals surface area contributed by atoms with Crippen molar-refractivity contribution < 1.29 is 13.3 Å². The second-order valence-electron chi connectivity index (χ2n) is 5.30. The summed E-state index contributed by atoms with van der Waals surface area (Å²) in [5.74, 6) is 0.441. The lowest BCUT2D eigenvalue weighted by Gasteiger charge is -2.27. The van der Waals surface area contributed by atoms with Crippen LogP contribution in [0.25, 0.3) is 0 Å². The van der Waals surface area contributed by atoms with Gasteiger partial charge in [-0.2, -0.15) is 0 Å². The van der Waals surface area contributed by atoms with Crippen LogP contribution in [0.4, 0.5) is 5.69 Å². The van der Waals surface area contributed by atoms with Crippen LogP contribution >= 0.6 is 0 Å². The smallest absolute Gasteiger partial charge is 0.289 e. The highest BCUT2D eigenvalue weighted by Gasteiger charge is 2.29. The molecule has 0 aliphatic heterocycles. The molecule has 2 rings (SSSR count). The van der Waals surface area contributed by atoms with Gasteiger partial charge < -0.3 is 5.73 Å². The normalized spacial score (nSPS) is 22.9. The third-order valence-corrected chi connectivity index (χ3v) is 5.42. The number of rotatable bonds is 5. The summed E-state index contributed by atoms with van der Waals surface area (Å²) in [6.45, 7) is 0.615. The molecule has 0 amide bonds. The average Bonchev–Trinajstić information content (AvgIpc) is 2.47. The van der Waals surface area contributed by atoms with E-state index in [-0.39, 0.29) is 10.9 Å². The Morgan fingerprint density at radius 2 is 1.86 bits per heavy atom. The Morgan fingerprint density at radius 1 is 1.24 bits per heavy atom. The molecule has 0 heterocycles. The zero-order valence-corrected chi connectivity index (χ0v) is 12.4. The van der Waals surface area contributed by atoms with Gasteiger partial charge >= 0.3 is 0 Å². The average molecular weight is 313 g/mol. The number of nitrogens with two attached hydrogens (primary N) is 1. The summed E-state index contributed by atoms with van der Waals surface area (Å²) in [6.07, 6.45) is 3.17. The first-order valence-electron chi connectivity index (χ1n) is 6.90. The molecule has 0 aromatic heterocycles. The van der Waals surface area contributed by atoms with E-state index in [4.69, 9.17) is 5.73 Å². The first-order chi connectivity index (χ1) is 9.94. The number of nitro groups is 1. The maximum atomic E-state index is 12.3. The van der Waals surface area contributed by atoms with Crippen LogP contribution in [0, 0.1) is 16.0 Å². The predicted molar refractivity (Wildman–Crippen MR) is 78.2 cm³/mol. The number of para-hydroxylation sites is 1. The quantitative estimate of drug-likeness (QED) is 0.629. The summed E-state index contributed by atoms with van der Waals surface area (Å²) in [5.41, 5.74) is 5.20. The number of sulfonamides is 1. The van der Waals surface area contributed by atoms with Crippen LogP contribution in [0.1, 0.15) is 25.7 Å². The highest BCUT2D eigenvalue weighted by atomic mass is 32.2. The van der Waals surface area contributed by atoms with Crippen molar-refractivity contribution in [3.63, 3.8) is 0 Å². The maximum Gasteiger partial charge on any atom is 0.289 e. The fourth-order valence-electron chi connectivity index (χ4n) is 2.63. The molecule has 0 unspecified atom stereocenters. The lowest BCUT2D eigenvalue weighted by Crippen LogP contribution is -2.38. The van der Waals surface area contributed by atoms with Gasteiger partial charge in [0.15, 0.2) is 4.90 Å². The lowest BCUT2D eigenvalue weighted by atomic mass is 9.87. The van der Waals surface area contributed by atoms with Crippen molar-refractivity contribution in [1.29, 1.82) is 0 Å². The first-order valence-corrected chi connectivity index (χ1v) is 8.38. The van der Waals surface area contributed by atoms with Crippen molar-refractivity contribution in [2.75, 3.05) is 6.54 Å².